The molecule has 0 aromatic carbocycles. The third-order valence-electron chi connectivity index (χ3n) is 3.26. The molecular formula is C12H18N2O3S. The van der Waals surface area contributed by atoms with Gasteiger partial charge in [0.05, 0.1) is 25.5 Å². The zero-order valence-electron chi connectivity index (χ0n) is 10.7. The molecule has 18 heavy (non-hydrogen) atoms. The molecule has 0 spiro atoms. The Morgan fingerprint density at radius 2 is 2.33 bits per heavy atom. The van der Waals surface area contributed by atoms with Gasteiger partial charge in [-0.3, -0.25) is 13.7 Å². The van der Waals surface area contributed by atoms with Crippen LogP contribution in [0.2, 0.25) is 0 Å². The lowest BCUT2D eigenvalue weighted by Gasteiger charge is -2.12. The van der Waals surface area contributed by atoms with Crippen molar-refractivity contribution >= 4 is 16.8 Å². The molecule has 1 unspecified atom stereocenters. The molecule has 6 heteroatoms. The summed E-state index contributed by atoms with van der Waals surface area (Å²) in [5, 5.41) is 4.05. The van der Waals surface area contributed by atoms with Crippen molar-refractivity contribution in [1.82, 2.24) is 9.78 Å². The quantitative estimate of drug-likeness (QED) is 0.724. The van der Waals surface area contributed by atoms with E-state index in [0.717, 1.165) is 18.4 Å². The van der Waals surface area contributed by atoms with Gasteiger partial charge in [-0.2, -0.15) is 5.10 Å². The van der Waals surface area contributed by atoms with Gasteiger partial charge in [0.15, 0.2) is 0 Å². The van der Waals surface area contributed by atoms with Crippen LogP contribution < -0.4 is 0 Å². The van der Waals surface area contributed by atoms with E-state index in [-0.39, 0.29) is 11.4 Å². The van der Waals surface area contributed by atoms with E-state index in [4.69, 9.17) is 0 Å². The van der Waals surface area contributed by atoms with E-state index in [0.29, 0.717) is 17.9 Å². The lowest BCUT2D eigenvalue weighted by Crippen LogP contribution is -2.18. The van der Waals surface area contributed by atoms with Crippen LogP contribution >= 0.6 is 0 Å². The number of rotatable bonds is 6. The van der Waals surface area contributed by atoms with Gasteiger partial charge in [-0.25, -0.2) is 0 Å². The number of ether oxygens (including phenoxy) is 1. The number of aryl methyl sites for hydroxylation is 1. The number of aromatic nitrogens is 2. The van der Waals surface area contributed by atoms with Gasteiger partial charge < -0.3 is 4.74 Å². The zero-order chi connectivity index (χ0) is 13.2. The van der Waals surface area contributed by atoms with Crippen molar-refractivity contribution < 1.29 is 13.7 Å². The minimum atomic E-state index is -0.944. The Labute approximate surface area is 109 Å². The Morgan fingerprint density at radius 1 is 1.61 bits per heavy atom. The maximum Gasteiger partial charge on any atom is 0.306 e. The molecule has 1 aliphatic carbocycles. The molecule has 5 nitrogen and oxygen atoms in total. The van der Waals surface area contributed by atoms with Gasteiger partial charge in [-0.05, 0) is 18.3 Å². The van der Waals surface area contributed by atoms with Crippen LogP contribution in [-0.4, -0.2) is 32.8 Å². The molecule has 1 fully saturated rings. The number of carbonyl (C=O) groups is 1. The summed E-state index contributed by atoms with van der Waals surface area (Å²) in [6.07, 6.45) is 5.94. The number of esters is 1. The molecule has 0 N–H and O–H groups in total. The highest BCUT2D eigenvalue weighted by atomic mass is 32.2. The lowest BCUT2D eigenvalue weighted by atomic mass is 10.1. The van der Waals surface area contributed by atoms with Gasteiger partial charge >= 0.3 is 5.97 Å². The maximum absolute atomic E-state index is 12.1. The topological polar surface area (TPSA) is 61.2 Å². The monoisotopic (exact) mass is 270 g/mol. The smallest absolute Gasteiger partial charge is 0.306 e. The molecule has 1 heterocycles. The summed E-state index contributed by atoms with van der Waals surface area (Å²) < 4.78 is 18.4. The number of hydrogen-bond donors (Lipinski definition) is 0. The first kappa shape index (κ1) is 13.3. The summed E-state index contributed by atoms with van der Waals surface area (Å²) in [5.74, 6) is 0.888. The van der Waals surface area contributed by atoms with E-state index < -0.39 is 10.8 Å². The third kappa shape index (κ3) is 3.41. The fraction of sp³-hybridized carbons (Fsp3) is 0.667. The van der Waals surface area contributed by atoms with Gasteiger partial charge in [0, 0.05) is 35.4 Å². The first-order valence-electron chi connectivity index (χ1n) is 5.92. The van der Waals surface area contributed by atoms with Crippen LogP contribution in [0.5, 0.6) is 0 Å². The van der Waals surface area contributed by atoms with Crippen molar-refractivity contribution in [2.75, 3.05) is 12.9 Å². The minimum Gasteiger partial charge on any atom is -0.469 e. The molecule has 1 aromatic heterocycles. The maximum atomic E-state index is 12.1. The highest BCUT2D eigenvalue weighted by molar-refractivity contribution is 7.84. The minimum absolute atomic E-state index is 0.0693. The van der Waals surface area contributed by atoms with Crippen LogP contribution in [0.25, 0.3) is 0 Å². The van der Waals surface area contributed by atoms with Gasteiger partial charge in [0.1, 0.15) is 0 Å². The second kappa shape index (κ2) is 5.22. The highest BCUT2D eigenvalue weighted by Crippen LogP contribution is 2.49. The third-order valence-corrected chi connectivity index (χ3v) is 4.85. The molecule has 1 saturated carbocycles. The van der Waals surface area contributed by atoms with Crippen molar-refractivity contribution in [3.8, 4) is 0 Å². The summed E-state index contributed by atoms with van der Waals surface area (Å²) in [4.78, 5) is 11.3. The molecule has 1 aromatic rings. The average Bonchev–Trinajstić information content (AvgIpc) is 2.92. The molecule has 2 rings (SSSR count). The second-order valence-corrected chi connectivity index (χ2v) is 6.46. The van der Waals surface area contributed by atoms with E-state index in [1.54, 1.807) is 10.9 Å². The SMILES string of the molecule is COC(=O)CC1(CS(=O)Cc2cnn(C)c2)CC1. The van der Waals surface area contributed by atoms with Crippen LogP contribution in [-0.2, 0) is 33.1 Å². The Hall–Kier alpha value is -1.17. The molecule has 0 aliphatic heterocycles. The van der Waals surface area contributed by atoms with Crippen LogP contribution in [0.15, 0.2) is 12.4 Å². The Bertz CT molecular complexity index is 466. The first-order valence-corrected chi connectivity index (χ1v) is 7.41. The first-order chi connectivity index (χ1) is 8.53. The largest absolute Gasteiger partial charge is 0.469 e. The molecule has 1 atom stereocenters. The van der Waals surface area contributed by atoms with Crippen molar-refractivity contribution in [3.63, 3.8) is 0 Å². The van der Waals surface area contributed by atoms with Crippen molar-refractivity contribution in [1.29, 1.82) is 0 Å². The van der Waals surface area contributed by atoms with E-state index in [1.165, 1.54) is 7.11 Å². The van der Waals surface area contributed by atoms with Crippen molar-refractivity contribution in [2.45, 2.75) is 25.0 Å². The van der Waals surface area contributed by atoms with Crippen LogP contribution in [0, 0.1) is 5.41 Å². The highest BCUT2D eigenvalue weighted by Gasteiger charge is 2.45. The fourth-order valence-electron chi connectivity index (χ4n) is 2.05. The number of nitrogens with zero attached hydrogens (tertiary/aromatic N) is 2. The van der Waals surface area contributed by atoms with Gasteiger partial charge in [-0.1, -0.05) is 0 Å². The van der Waals surface area contributed by atoms with E-state index in [2.05, 4.69) is 9.84 Å². The molecule has 0 bridgehead atoms. The molecule has 0 amide bonds. The van der Waals surface area contributed by atoms with Crippen molar-refractivity contribution in [2.24, 2.45) is 12.5 Å². The van der Waals surface area contributed by atoms with Crippen LogP contribution in [0.3, 0.4) is 0 Å². The normalized spacial score (nSPS) is 18.3. The van der Waals surface area contributed by atoms with E-state index in [9.17, 15) is 9.00 Å². The van der Waals surface area contributed by atoms with Gasteiger partial charge in [0.2, 0.25) is 0 Å². The molecular weight excluding hydrogens is 252 g/mol. The van der Waals surface area contributed by atoms with E-state index >= 15 is 0 Å². The Morgan fingerprint density at radius 3 is 2.83 bits per heavy atom. The number of hydrogen-bond acceptors (Lipinski definition) is 4. The Balaban J connectivity index is 1.86. The van der Waals surface area contributed by atoms with Crippen molar-refractivity contribution in [3.05, 3.63) is 18.0 Å². The molecule has 0 saturated heterocycles. The predicted octanol–water partition coefficient (Wildman–Crippen LogP) is 1.01. The number of carbonyl (C=O) groups excluding carboxylic acids is 1. The summed E-state index contributed by atoms with van der Waals surface area (Å²) in [5.41, 5.74) is 0.907. The van der Waals surface area contributed by atoms with E-state index in [1.807, 2.05) is 13.2 Å². The summed E-state index contributed by atoms with van der Waals surface area (Å²) in [6.45, 7) is 0. The van der Waals surface area contributed by atoms with Gasteiger partial charge in [-0.15, -0.1) is 0 Å². The summed E-state index contributed by atoms with van der Waals surface area (Å²) in [7, 11) is 2.29. The average molecular weight is 270 g/mol. The van der Waals surface area contributed by atoms with Crippen LogP contribution in [0.4, 0.5) is 0 Å². The van der Waals surface area contributed by atoms with Crippen LogP contribution in [0.1, 0.15) is 24.8 Å². The molecule has 100 valence electrons. The number of methoxy groups -OCH3 is 1. The molecule has 1 aliphatic rings. The fourth-order valence-corrected chi connectivity index (χ4v) is 3.75. The predicted molar refractivity (Wildman–Crippen MR) is 68.2 cm³/mol. The standard InChI is InChI=1S/C12H18N2O3S/c1-14-7-10(6-13-14)8-18(16)9-12(3-4-12)5-11(15)17-2/h6-7H,3-5,8-9H2,1-2H3. The summed E-state index contributed by atoms with van der Waals surface area (Å²) >= 11 is 0. The zero-order valence-corrected chi connectivity index (χ0v) is 11.5. The Kier molecular flexibility index (Phi) is 3.85. The van der Waals surface area contributed by atoms with Gasteiger partial charge in [0.25, 0.3) is 0 Å². The summed E-state index contributed by atoms with van der Waals surface area (Å²) in [6, 6.07) is 0. The second-order valence-electron chi connectivity index (χ2n) is 5.00. The molecule has 0 radical (unpaired) electrons. The lowest BCUT2D eigenvalue weighted by molar-refractivity contribution is -0.141.